The van der Waals surface area contributed by atoms with Crippen molar-refractivity contribution in [1.29, 1.82) is 0 Å². The predicted octanol–water partition coefficient (Wildman–Crippen LogP) is 5.78. The second-order valence-electron chi connectivity index (χ2n) is 6.69. The molecule has 0 N–H and O–H groups in total. The zero-order chi connectivity index (χ0) is 18.6. The van der Waals surface area contributed by atoms with Gasteiger partial charge in [-0.05, 0) is 16.7 Å². The highest BCUT2D eigenvalue weighted by atomic mass is 32.1. The lowest BCUT2D eigenvalue weighted by molar-refractivity contribution is 0.817. The van der Waals surface area contributed by atoms with Crippen molar-refractivity contribution in [1.82, 2.24) is 4.58 Å². The smallest absolute Gasteiger partial charge is 0.210 e. The van der Waals surface area contributed by atoms with Crippen molar-refractivity contribution in [2.24, 2.45) is 0 Å². The molecule has 0 spiro atoms. The molecule has 0 atom stereocenters. The molecule has 0 unspecified atom stereocenters. The van der Waals surface area contributed by atoms with E-state index in [1.54, 1.807) is 0 Å². The molecule has 3 aromatic carbocycles. The monoisotopic (exact) mass is 368 g/mol. The molecule has 0 aliphatic heterocycles. The topological polar surface area (TPSA) is 3.01 Å². The van der Waals surface area contributed by atoms with Crippen LogP contribution in [0.1, 0.15) is 0 Å². The Hall–Kier alpha value is -2.97. The lowest BCUT2D eigenvalue weighted by Crippen LogP contribution is -2.24. The van der Waals surface area contributed by atoms with Crippen molar-refractivity contribution in [3.8, 4) is 32.0 Å². The van der Waals surface area contributed by atoms with Gasteiger partial charge in [-0.25, -0.2) is 4.58 Å². The van der Waals surface area contributed by atoms with Crippen LogP contribution in [0.5, 0.6) is 0 Å². The van der Waals surface area contributed by atoms with Gasteiger partial charge in [-0.1, -0.05) is 91.0 Å². The molecule has 2 heteroatoms. The number of hydrogen-bond acceptors (Lipinski definition) is 1. The van der Waals surface area contributed by atoms with E-state index >= 15 is 0 Å². The van der Waals surface area contributed by atoms with Gasteiger partial charge in [0.1, 0.15) is 14.1 Å². The van der Waals surface area contributed by atoms with E-state index < -0.39 is 0 Å². The summed E-state index contributed by atoms with van der Waals surface area (Å²) in [5, 5.41) is 1.23. The summed E-state index contributed by atoms with van der Waals surface area (Å²) in [6.45, 7) is 0. The highest BCUT2D eigenvalue weighted by Crippen LogP contribution is 2.37. The minimum atomic E-state index is 1.23. The number of rotatable bonds is 3. The van der Waals surface area contributed by atoms with E-state index in [0.29, 0.717) is 0 Å². The van der Waals surface area contributed by atoms with Crippen LogP contribution in [0, 0.1) is 0 Å². The van der Waals surface area contributed by atoms with E-state index in [1.165, 1.54) is 37.4 Å². The fourth-order valence-corrected chi connectivity index (χ4v) is 4.50. The van der Waals surface area contributed by atoms with E-state index in [1.807, 2.05) is 11.3 Å². The molecular weight excluding hydrogens is 346 g/mol. The molecule has 27 heavy (non-hydrogen) atoms. The third-order valence-corrected chi connectivity index (χ3v) is 5.82. The maximum atomic E-state index is 2.31. The van der Waals surface area contributed by atoms with Crippen LogP contribution in [0.15, 0.2) is 97.1 Å². The Bertz CT molecular complexity index is 1110. The first-order valence-corrected chi connectivity index (χ1v) is 9.90. The largest absolute Gasteiger partial charge is 0.235 e. The van der Waals surface area contributed by atoms with E-state index in [9.17, 15) is 0 Å². The standard InChI is InChI=1S/C25H22NS/c1-26(2)22-18-23(19-12-6-3-7-13-19)27-25(21-16-10-5-11-17-21)24(22)20-14-8-4-9-15-20/h3-18H,1-2H3/q+1. The zero-order valence-corrected chi connectivity index (χ0v) is 16.4. The molecule has 0 radical (unpaired) electrons. The summed E-state index contributed by atoms with van der Waals surface area (Å²) in [5.41, 5.74) is 5.04. The summed E-state index contributed by atoms with van der Waals surface area (Å²) in [6.07, 6.45) is 0. The Balaban J connectivity index is 2.10. The van der Waals surface area contributed by atoms with Gasteiger partial charge in [0.2, 0.25) is 5.36 Å². The van der Waals surface area contributed by atoms with Gasteiger partial charge in [0.15, 0.2) is 0 Å². The quantitative estimate of drug-likeness (QED) is 0.403. The number of hydrogen-bond donors (Lipinski definition) is 0. The first kappa shape index (κ1) is 17.4. The molecule has 0 aliphatic rings. The molecule has 1 nitrogen and oxygen atoms in total. The summed E-state index contributed by atoms with van der Waals surface area (Å²) < 4.78 is 2.22. The molecule has 0 aliphatic carbocycles. The lowest BCUT2D eigenvalue weighted by Gasteiger charge is -2.12. The predicted molar refractivity (Wildman–Crippen MR) is 118 cm³/mol. The van der Waals surface area contributed by atoms with Crippen LogP contribution < -0.4 is 9.93 Å². The van der Waals surface area contributed by atoms with Crippen molar-refractivity contribution < 1.29 is 0 Å². The average molecular weight is 369 g/mol. The van der Waals surface area contributed by atoms with Gasteiger partial charge < -0.3 is 0 Å². The van der Waals surface area contributed by atoms with Crippen LogP contribution >= 0.6 is 11.3 Å². The van der Waals surface area contributed by atoms with Gasteiger partial charge in [0, 0.05) is 15.8 Å². The van der Waals surface area contributed by atoms with Gasteiger partial charge in [0.25, 0.3) is 0 Å². The SMILES string of the molecule is C[N+](C)=c1cc(-c2ccccc2)sc(-c2ccccc2)c1-c1ccccc1. The van der Waals surface area contributed by atoms with Gasteiger partial charge in [-0.3, -0.25) is 0 Å². The number of nitrogens with zero attached hydrogens (tertiary/aromatic N) is 1. The van der Waals surface area contributed by atoms with Crippen LogP contribution in [0.2, 0.25) is 0 Å². The minimum absolute atomic E-state index is 1.23. The molecule has 4 aromatic rings. The summed E-state index contributed by atoms with van der Waals surface area (Å²) in [6, 6.07) is 34.3. The summed E-state index contributed by atoms with van der Waals surface area (Å²) >= 11 is 1.86. The molecular formula is C25H22NS+. The fourth-order valence-electron chi connectivity index (χ4n) is 3.28. The van der Waals surface area contributed by atoms with E-state index in [4.69, 9.17) is 0 Å². The molecule has 0 saturated heterocycles. The van der Waals surface area contributed by atoms with Gasteiger partial charge in [-0.2, -0.15) is 0 Å². The highest BCUT2D eigenvalue weighted by Gasteiger charge is 2.17. The van der Waals surface area contributed by atoms with Crippen molar-refractivity contribution in [2.45, 2.75) is 0 Å². The maximum absolute atomic E-state index is 2.31. The van der Waals surface area contributed by atoms with Gasteiger partial charge >= 0.3 is 0 Å². The van der Waals surface area contributed by atoms with E-state index in [-0.39, 0.29) is 0 Å². The Morgan fingerprint density at radius 1 is 0.593 bits per heavy atom. The van der Waals surface area contributed by atoms with Crippen LogP contribution in [-0.4, -0.2) is 14.1 Å². The Labute approximate surface area is 164 Å². The Morgan fingerprint density at radius 3 is 1.59 bits per heavy atom. The molecule has 1 aromatic heterocycles. The third kappa shape index (κ3) is 3.62. The summed E-state index contributed by atoms with van der Waals surface area (Å²) in [5.74, 6) is 0. The van der Waals surface area contributed by atoms with Crippen molar-refractivity contribution in [3.05, 3.63) is 102 Å². The van der Waals surface area contributed by atoms with Gasteiger partial charge in [-0.15, -0.1) is 11.3 Å². The second kappa shape index (κ2) is 7.73. The van der Waals surface area contributed by atoms with E-state index in [0.717, 1.165) is 0 Å². The molecule has 0 amide bonds. The minimum Gasteiger partial charge on any atom is -0.235 e. The molecule has 0 saturated carbocycles. The first-order valence-electron chi connectivity index (χ1n) is 9.09. The molecule has 1 heterocycles. The Morgan fingerprint density at radius 2 is 1.07 bits per heavy atom. The zero-order valence-electron chi connectivity index (χ0n) is 15.6. The molecule has 0 bridgehead atoms. The fraction of sp³-hybridized carbons (Fsp3) is 0.0800. The van der Waals surface area contributed by atoms with Crippen LogP contribution in [0.25, 0.3) is 32.0 Å². The first-order chi connectivity index (χ1) is 13.2. The molecule has 0 fully saturated rings. The average Bonchev–Trinajstić information content (AvgIpc) is 2.74. The normalized spacial score (nSPS) is 10.6. The van der Waals surface area contributed by atoms with Crippen molar-refractivity contribution in [2.75, 3.05) is 14.1 Å². The molecule has 132 valence electrons. The van der Waals surface area contributed by atoms with Crippen molar-refractivity contribution >= 4 is 11.3 Å². The summed E-state index contributed by atoms with van der Waals surface area (Å²) in [4.78, 5) is 2.57. The lowest BCUT2D eigenvalue weighted by atomic mass is 10.0. The van der Waals surface area contributed by atoms with Crippen LogP contribution in [0.4, 0.5) is 0 Å². The molecule has 4 rings (SSSR count). The summed E-state index contributed by atoms with van der Waals surface area (Å²) in [7, 11) is 4.24. The van der Waals surface area contributed by atoms with E-state index in [2.05, 4.69) is 116 Å². The maximum Gasteiger partial charge on any atom is 0.210 e. The third-order valence-electron chi connectivity index (χ3n) is 4.60. The highest BCUT2D eigenvalue weighted by molar-refractivity contribution is 7.18. The van der Waals surface area contributed by atoms with Crippen molar-refractivity contribution in [3.63, 3.8) is 0 Å². The Kier molecular flexibility index (Phi) is 4.99. The number of benzene rings is 3. The van der Waals surface area contributed by atoms with Crippen LogP contribution in [-0.2, 0) is 0 Å². The second-order valence-corrected chi connectivity index (χ2v) is 7.74. The van der Waals surface area contributed by atoms with Crippen LogP contribution in [0.3, 0.4) is 0 Å². The van der Waals surface area contributed by atoms with Gasteiger partial charge in [0.05, 0.1) is 5.56 Å².